The number of aryl methyl sites for hydroxylation is 2. The molecule has 2 aromatic heterocycles. The number of hydrogen-bond acceptors (Lipinski definition) is 4. The fraction of sp³-hybridized carbons (Fsp3) is 0.474. The van der Waals surface area contributed by atoms with Gasteiger partial charge in [-0.1, -0.05) is 13.3 Å². The van der Waals surface area contributed by atoms with E-state index in [2.05, 4.69) is 29.8 Å². The first-order valence-electron chi connectivity index (χ1n) is 8.58. The van der Waals surface area contributed by atoms with Crippen LogP contribution in [0.25, 0.3) is 11.1 Å². The number of rotatable bonds is 4. The summed E-state index contributed by atoms with van der Waals surface area (Å²) in [5.41, 5.74) is 12.3. The molecule has 0 radical (unpaired) electrons. The van der Waals surface area contributed by atoms with Crippen LogP contribution in [0.3, 0.4) is 0 Å². The Kier molecular flexibility index (Phi) is 4.51. The topological polar surface area (TPSA) is 55.0 Å². The number of anilines is 2. The van der Waals surface area contributed by atoms with Crippen LogP contribution in [0.1, 0.15) is 44.5 Å². The third-order valence-corrected chi connectivity index (χ3v) is 4.72. The molecule has 0 bridgehead atoms. The Morgan fingerprint density at radius 1 is 1.26 bits per heavy atom. The van der Waals surface area contributed by atoms with Crippen molar-refractivity contribution in [3.63, 3.8) is 0 Å². The van der Waals surface area contributed by atoms with E-state index in [0.717, 1.165) is 36.2 Å². The Morgan fingerprint density at radius 3 is 2.78 bits per heavy atom. The minimum atomic E-state index is 0.586. The number of nitrogens with zero attached hydrogens (tertiary/aromatic N) is 3. The van der Waals surface area contributed by atoms with Gasteiger partial charge in [-0.3, -0.25) is 9.97 Å². The van der Waals surface area contributed by atoms with Gasteiger partial charge < -0.3 is 10.6 Å². The Bertz CT molecular complexity index is 696. The normalized spacial score (nSPS) is 17.7. The molecule has 0 aliphatic carbocycles. The maximum absolute atomic E-state index is 5.93. The van der Waals surface area contributed by atoms with Crippen molar-refractivity contribution >= 4 is 11.4 Å². The molecule has 3 rings (SSSR count). The van der Waals surface area contributed by atoms with E-state index in [0.29, 0.717) is 11.7 Å². The van der Waals surface area contributed by atoms with Crippen molar-refractivity contribution in [2.75, 3.05) is 17.2 Å². The number of aromatic nitrogens is 2. The van der Waals surface area contributed by atoms with Gasteiger partial charge in [0, 0.05) is 35.6 Å². The van der Waals surface area contributed by atoms with Crippen LogP contribution in [0.4, 0.5) is 11.4 Å². The van der Waals surface area contributed by atoms with E-state index in [1.807, 2.05) is 19.2 Å². The van der Waals surface area contributed by atoms with Crippen molar-refractivity contribution in [2.24, 2.45) is 0 Å². The van der Waals surface area contributed by atoms with Crippen LogP contribution in [0.2, 0.25) is 0 Å². The summed E-state index contributed by atoms with van der Waals surface area (Å²) < 4.78 is 0. The lowest BCUT2D eigenvalue weighted by molar-refractivity contribution is 0.726. The van der Waals surface area contributed by atoms with Crippen molar-refractivity contribution in [1.82, 2.24) is 9.97 Å². The zero-order valence-corrected chi connectivity index (χ0v) is 14.3. The quantitative estimate of drug-likeness (QED) is 0.928. The van der Waals surface area contributed by atoms with Crippen molar-refractivity contribution in [1.29, 1.82) is 0 Å². The van der Waals surface area contributed by atoms with Crippen LogP contribution in [-0.2, 0) is 6.42 Å². The van der Waals surface area contributed by atoms with E-state index in [9.17, 15) is 0 Å². The monoisotopic (exact) mass is 310 g/mol. The Morgan fingerprint density at radius 2 is 2.09 bits per heavy atom. The fourth-order valence-electron chi connectivity index (χ4n) is 3.44. The molecule has 122 valence electrons. The van der Waals surface area contributed by atoms with Crippen molar-refractivity contribution in [3.8, 4) is 11.1 Å². The standard InChI is InChI=1S/C19H26N4/c1-4-6-18-19(23-8-5-7-13(23)2)9-15(11-22-18)17-10-16(20)12-21-14(17)3/h9-13H,4-8,20H2,1-3H3. The van der Waals surface area contributed by atoms with Gasteiger partial charge in [-0.25, -0.2) is 0 Å². The van der Waals surface area contributed by atoms with Crippen LogP contribution in [0.15, 0.2) is 24.5 Å². The second kappa shape index (κ2) is 6.57. The molecule has 1 unspecified atom stereocenters. The van der Waals surface area contributed by atoms with E-state index in [4.69, 9.17) is 10.7 Å². The molecule has 1 saturated heterocycles. The molecule has 0 spiro atoms. The average Bonchev–Trinajstić information content (AvgIpc) is 2.96. The Balaban J connectivity index is 2.07. The molecule has 3 heterocycles. The first kappa shape index (κ1) is 15.8. The fourth-order valence-corrected chi connectivity index (χ4v) is 3.44. The van der Waals surface area contributed by atoms with Gasteiger partial charge in [0.05, 0.1) is 23.3 Å². The molecule has 1 fully saturated rings. The third-order valence-electron chi connectivity index (χ3n) is 4.72. The van der Waals surface area contributed by atoms with Crippen LogP contribution < -0.4 is 10.6 Å². The predicted octanol–water partition coefficient (Wildman–Crippen LogP) is 3.98. The third kappa shape index (κ3) is 3.16. The average molecular weight is 310 g/mol. The van der Waals surface area contributed by atoms with Gasteiger partial charge in [-0.05, 0) is 45.2 Å². The summed E-state index contributed by atoms with van der Waals surface area (Å²) >= 11 is 0. The molecule has 1 aliphatic rings. The molecule has 1 atom stereocenters. The molecular weight excluding hydrogens is 284 g/mol. The number of pyridine rings is 2. The first-order valence-corrected chi connectivity index (χ1v) is 8.58. The van der Waals surface area contributed by atoms with Gasteiger partial charge in [0.2, 0.25) is 0 Å². The molecule has 4 nitrogen and oxygen atoms in total. The van der Waals surface area contributed by atoms with Gasteiger partial charge in [-0.2, -0.15) is 0 Å². The minimum absolute atomic E-state index is 0.586. The summed E-state index contributed by atoms with van der Waals surface area (Å²) in [7, 11) is 0. The first-order chi connectivity index (χ1) is 11.1. The maximum atomic E-state index is 5.93. The summed E-state index contributed by atoms with van der Waals surface area (Å²) in [4.78, 5) is 11.7. The van der Waals surface area contributed by atoms with Crippen LogP contribution >= 0.6 is 0 Å². The predicted molar refractivity (Wildman–Crippen MR) is 96.7 cm³/mol. The van der Waals surface area contributed by atoms with Gasteiger partial charge in [0.25, 0.3) is 0 Å². The summed E-state index contributed by atoms with van der Waals surface area (Å²) in [6.07, 6.45) is 8.33. The zero-order chi connectivity index (χ0) is 16.4. The summed E-state index contributed by atoms with van der Waals surface area (Å²) in [5.74, 6) is 0. The van der Waals surface area contributed by atoms with E-state index >= 15 is 0 Å². The van der Waals surface area contributed by atoms with E-state index < -0.39 is 0 Å². The SMILES string of the molecule is CCCc1ncc(-c2cc(N)cnc2C)cc1N1CCCC1C. The van der Waals surface area contributed by atoms with Crippen molar-refractivity contribution in [2.45, 2.75) is 52.5 Å². The van der Waals surface area contributed by atoms with Gasteiger partial charge in [0.1, 0.15) is 0 Å². The van der Waals surface area contributed by atoms with E-state index in [1.54, 1.807) is 6.20 Å². The number of hydrogen-bond donors (Lipinski definition) is 1. The van der Waals surface area contributed by atoms with Crippen LogP contribution in [0, 0.1) is 6.92 Å². The molecule has 0 aromatic carbocycles. The Hall–Kier alpha value is -2.10. The van der Waals surface area contributed by atoms with Crippen LogP contribution in [-0.4, -0.2) is 22.6 Å². The van der Waals surface area contributed by atoms with Crippen molar-refractivity contribution < 1.29 is 0 Å². The lowest BCUT2D eigenvalue weighted by Gasteiger charge is -2.26. The summed E-state index contributed by atoms with van der Waals surface area (Å²) in [6.45, 7) is 7.66. The lowest BCUT2D eigenvalue weighted by Crippen LogP contribution is -2.27. The second-order valence-corrected chi connectivity index (χ2v) is 6.53. The van der Waals surface area contributed by atoms with Gasteiger partial charge in [0.15, 0.2) is 0 Å². The number of nitrogen functional groups attached to an aromatic ring is 1. The highest BCUT2D eigenvalue weighted by molar-refractivity contribution is 5.72. The molecule has 2 N–H and O–H groups in total. The van der Waals surface area contributed by atoms with E-state index in [-0.39, 0.29) is 0 Å². The minimum Gasteiger partial charge on any atom is -0.397 e. The Labute approximate surface area is 138 Å². The smallest absolute Gasteiger partial charge is 0.0637 e. The number of nitrogens with two attached hydrogens (primary N) is 1. The van der Waals surface area contributed by atoms with Crippen molar-refractivity contribution in [3.05, 3.63) is 35.9 Å². The summed E-state index contributed by atoms with van der Waals surface area (Å²) in [6, 6.07) is 4.86. The highest BCUT2D eigenvalue weighted by Crippen LogP contribution is 2.33. The van der Waals surface area contributed by atoms with Gasteiger partial charge in [-0.15, -0.1) is 0 Å². The highest BCUT2D eigenvalue weighted by Gasteiger charge is 2.23. The molecule has 1 aliphatic heterocycles. The molecule has 2 aromatic rings. The molecule has 0 amide bonds. The largest absolute Gasteiger partial charge is 0.397 e. The highest BCUT2D eigenvalue weighted by atomic mass is 15.2. The molecule has 4 heteroatoms. The zero-order valence-electron chi connectivity index (χ0n) is 14.3. The van der Waals surface area contributed by atoms with Gasteiger partial charge >= 0.3 is 0 Å². The second-order valence-electron chi connectivity index (χ2n) is 6.53. The lowest BCUT2D eigenvalue weighted by atomic mass is 10.0. The van der Waals surface area contributed by atoms with Crippen LogP contribution in [0.5, 0.6) is 0 Å². The molecule has 0 saturated carbocycles. The molecular formula is C19H26N4. The summed E-state index contributed by atoms with van der Waals surface area (Å²) in [5, 5.41) is 0. The maximum Gasteiger partial charge on any atom is 0.0637 e. The van der Waals surface area contributed by atoms with E-state index in [1.165, 1.54) is 24.2 Å². The molecule has 23 heavy (non-hydrogen) atoms.